The predicted molar refractivity (Wildman–Crippen MR) is 79.1 cm³/mol. The van der Waals surface area contributed by atoms with E-state index in [1.807, 2.05) is 45.0 Å². The molecule has 104 valence electrons. The van der Waals surface area contributed by atoms with Crippen molar-refractivity contribution in [1.29, 1.82) is 0 Å². The number of hydrogen-bond donors (Lipinski definition) is 2. The summed E-state index contributed by atoms with van der Waals surface area (Å²) < 4.78 is 0. The van der Waals surface area contributed by atoms with Crippen LogP contribution in [-0.2, 0) is 0 Å². The molecule has 0 saturated carbocycles. The molecule has 0 aliphatic rings. The van der Waals surface area contributed by atoms with Gasteiger partial charge in [-0.05, 0) is 38.5 Å². The van der Waals surface area contributed by atoms with E-state index in [2.05, 4.69) is 20.6 Å². The van der Waals surface area contributed by atoms with Crippen LogP contribution in [0.3, 0.4) is 0 Å². The van der Waals surface area contributed by atoms with Gasteiger partial charge in [0.15, 0.2) is 0 Å². The van der Waals surface area contributed by atoms with E-state index in [1.54, 1.807) is 12.3 Å². The number of aryl methyl sites for hydroxylation is 1. The Balaban J connectivity index is 2.18. The van der Waals surface area contributed by atoms with Gasteiger partial charge in [0, 0.05) is 17.9 Å². The van der Waals surface area contributed by atoms with Crippen LogP contribution in [0.5, 0.6) is 0 Å². The van der Waals surface area contributed by atoms with Gasteiger partial charge in [0.1, 0.15) is 5.69 Å². The van der Waals surface area contributed by atoms with Crippen LogP contribution in [0.1, 0.15) is 29.9 Å². The first-order valence-corrected chi connectivity index (χ1v) is 6.53. The topological polar surface area (TPSA) is 66.9 Å². The van der Waals surface area contributed by atoms with E-state index >= 15 is 0 Å². The number of carbonyl (C=O) groups excluding carboxylic acids is 1. The van der Waals surface area contributed by atoms with Crippen LogP contribution in [0, 0.1) is 6.92 Å². The number of rotatable bonds is 4. The fourth-order valence-electron chi connectivity index (χ4n) is 1.72. The molecule has 0 fully saturated rings. The molecule has 0 saturated heterocycles. The van der Waals surface area contributed by atoms with Crippen LogP contribution in [0.2, 0.25) is 0 Å². The van der Waals surface area contributed by atoms with E-state index in [9.17, 15) is 4.79 Å². The molecule has 1 aromatic carbocycles. The van der Waals surface area contributed by atoms with Crippen LogP contribution >= 0.6 is 0 Å². The highest BCUT2D eigenvalue weighted by Gasteiger charge is 2.10. The van der Waals surface area contributed by atoms with Crippen LogP contribution < -0.4 is 10.6 Å². The summed E-state index contributed by atoms with van der Waals surface area (Å²) >= 11 is 0. The number of amides is 1. The predicted octanol–water partition coefficient (Wildman–Crippen LogP) is 2.67. The Bertz CT molecular complexity index is 610. The maximum absolute atomic E-state index is 11.9. The SMILES string of the molecule is Cc1ccccc1Nc1nccc(C(=O)NC(C)C)n1. The van der Waals surface area contributed by atoms with Crippen LogP contribution in [0.4, 0.5) is 11.6 Å². The third kappa shape index (κ3) is 3.54. The minimum atomic E-state index is -0.199. The van der Waals surface area contributed by atoms with Crippen LogP contribution in [-0.4, -0.2) is 21.9 Å². The lowest BCUT2D eigenvalue weighted by atomic mass is 10.2. The third-order valence-electron chi connectivity index (χ3n) is 2.70. The molecule has 2 aromatic rings. The fourth-order valence-corrected chi connectivity index (χ4v) is 1.72. The summed E-state index contributed by atoms with van der Waals surface area (Å²) in [7, 11) is 0. The van der Waals surface area contributed by atoms with Crippen molar-refractivity contribution in [2.75, 3.05) is 5.32 Å². The Hall–Kier alpha value is -2.43. The van der Waals surface area contributed by atoms with Crippen molar-refractivity contribution in [2.24, 2.45) is 0 Å². The number of nitrogens with zero attached hydrogens (tertiary/aromatic N) is 2. The van der Waals surface area contributed by atoms with Gasteiger partial charge in [-0.1, -0.05) is 18.2 Å². The molecule has 0 unspecified atom stereocenters. The number of benzene rings is 1. The first kappa shape index (κ1) is 14.0. The zero-order chi connectivity index (χ0) is 14.5. The fraction of sp³-hybridized carbons (Fsp3) is 0.267. The monoisotopic (exact) mass is 270 g/mol. The first-order chi connectivity index (χ1) is 9.56. The maximum atomic E-state index is 11.9. The second-order valence-corrected chi connectivity index (χ2v) is 4.83. The quantitative estimate of drug-likeness (QED) is 0.896. The number of aromatic nitrogens is 2. The summed E-state index contributed by atoms with van der Waals surface area (Å²) in [5.74, 6) is 0.214. The highest BCUT2D eigenvalue weighted by atomic mass is 16.1. The van der Waals surface area contributed by atoms with Crippen LogP contribution in [0.25, 0.3) is 0 Å². The van der Waals surface area contributed by atoms with E-state index in [1.165, 1.54) is 0 Å². The average Bonchev–Trinajstić information content (AvgIpc) is 2.41. The summed E-state index contributed by atoms with van der Waals surface area (Å²) in [6.45, 7) is 5.81. The van der Waals surface area contributed by atoms with Crippen LogP contribution in [0.15, 0.2) is 36.5 Å². The van der Waals surface area contributed by atoms with Gasteiger partial charge >= 0.3 is 0 Å². The molecule has 20 heavy (non-hydrogen) atoms. The summed E-state index contributed by atoms with van der Waals surface area (Å²) in [6.07, 6.45) is 1.57. The molecule has 0 bridgehead atoms. The highest BCUT2D eigenvalue weighted by molar-refractivity contribution is 5.92. The second-order valence-electron chi connectivity index (χ2n) is 4.83. The van der Waals surface area contributed by atoms with E-state index in [-0.39, 0.29) is 11.9 Å². The second kappa shape index (κ2) is 6.14. The molecule has 0 aliphatic heterocycles. The Labute approximate surface area is 118 Å². The van der Waals surface area contributed by atoms with Gasteiger partial charge < -0.3 is 10.6 Å². The van der Waals surface area contributed by atoms with Crippen molar-refractivity contribution in [2.45, 2.75) is 26.8 Å². The Morgan fingerprint density at radius 3 is 2.65 bits per heavy atom. The third-order valence-corrected chi connectivity index (χ3v) is 2.70. The molecular formula is C15H18N4O. The molecule has 1 amide bonds. The van der Waals surface area contributed by atoms with E-state index in [0.717, 1.165) is 11.3 Å². The lowest BCUT2D eigenvalue weighted by Crippen LogP contribution is -2.30. The number of hydrogen-bond acceptors (Lipinski definition) is 4. The molecule has 1 heterocycles. The van der Waals surface area contributed by atoms with Gasteiger partial charge in [-0.25, -0.2) is 9.97 Å². The maximum Gasteiger partial charge on any atom is 0.270 e. The van der Waals surface area contributed by atoms with Gasteiger partial charge in [0.25, 0.3) is 5.91 Å². The van der Waals surface area contributed by atoms with E-state index in [0.29, 0.717) is 11.6 Å². The number of anilines is 2. The lowest BCUT2D eigenvalue weighted by molar-refractivity contribution is 0.0938. The van der Waals surface area contributed by atoms with E-state index < -0.39 is 0 Å². The van der Waals surface area contributed by atoms with Gasteiger partial charge in [0.05, 0.1) is 0 Å². The van der Waals surface area contributed by atoms with Crippen molar-refractivity contribution in [3.8, 4) is 0 Å². The Morgan fingerprint density at radius 1 is 1.20 bits per heavy atom. The molecular weight excluding hydrogens is 252 g/mol. The molecule has 5 nitrogen and oxygen atoms in total. The van der Waals surface area contributed by atoms with Gasteiger partial charge in [-0.3, -0.25) is 4.79 Å². The largest absolute Gasteiger partial charge is 0.349 e. The van der Waals surface area contributed by atoms with Crippen molar-refractivity contribution >= 4 is 17.5 Å². The zero-order valence-corrected chi connectivity index (χ0v) is 11.8. The molecule has 0 spiro atoms. The van der Waals surface area contributed by atoms with E-state index in [4.69, 9.17) is 0 Å². The molecule has 0 atom stereocenters. The van der Waals surface area contributed by atoms with Crippen molar-refractivity contribution in [3.05, 3.63) is 47.8 Å². The number of para-hydroxylation sites is 1. The first-order valence-electron chi connectivity index (χ1n) is 6.53. The summed E-state index contributed by atoms with van der Waals surface area (Å²) in [6, 6.07) is 9.52. The Morgan fingerprint density at radius 2 is 1.95 bits per heavy atom. The molecule has 2 N–H and O–H groups in total. The molecule has 0 aliphatic carbocycles. The van der Waals surface area contributed by atoms with Crippen molar-refractivity contribution in [1.82, 2.24) is 15.3 Å². The molecule has 5 heteroatoms. The standard InChI is InChI=1S/C15H18N4O/c1-10(2)17-14(20)13-8-9-16-15(19-13)18-12-7-5-4-6-11(12)3/h4-10H,1-3H3,(H,17,20)(H,16,18,19). The van der Waals surface area contributed by atoms with Gasteiger partial charge in [0.2, 0.25) is 5.95 Å². The smallest absolute Gasteiger partial charge is 0.270 e. The minimum absolute atomic E-state index is 0.0743. The minimum Gasteiger partial charge on any atom is -0.349 e. The summed E-state index contributed by atoms with van der Waals surface area (Å²) in [5, 5.41) is 5.92. The van der Waals surface area contributed by atoms with Crippen molar-refractivity contribution < 1.29 is 4.79 Å². The average molecular weight is 270 g/mol. The summed E-state index contributed by atoms with van der Waals surface area (Å²) in [5.41, 5.74) is 2.37. The zero-order valence-electron chi connectivity index (χ0n) is 11.8. The number of carbonyl (C=O) groups is 1. The van der Waals surface area contributed by atoms with Crippen molar-refractivity contribution in [3.63, 3.8) is 0 Å². The number of nitrogens with one attached hydrogen (secondary N) is 2. The molecule has 0 radical (unpaired) electrons. The molecule has 1 aromatic heterocycles. The highest BCUT2D eigenvalue weighted by Crippen LogP contribution is 2.17. The molecule has 2 rings (SSSR count). The van der Waals surface area contributed by atoms with Gasteiger partial charge in [-0.2, -0.15) is 0 Å². The lowest BCUT2D eigenvalue weighted by Gasteiger charge is -2.10. The summed E-state index contributed by atoms with van der Waals surface area (Å²) in [4.78, 5) is 20.3. The van der Waals surface area contributed by atoms with Gasteiger partial charge in [-0.15, -0.1) is 0 Å². The Kier molecular flexibility index (Phi) is 4.30. The normalized spacial score (nSPS) is 10.4.